The maximum absolute atomic E-state index is 12.6. The number of carbonyl (C=O) groups excluding carboxylic acids is 1. The first kappa shape index (κ1) is 16.5. The minimum atomic E-state index is -0.154. The molecule has 0 spiro atoms. The third-order valence-corrected chi connectivity index (χ3v) is 4.70. The Hall–Kier alpha value is -2.94. The lowest BCUT2D eigenvalue weighted by Crippen LogP contribution is -2.41. The molecule has 134 valence electrons. The number of halogens is 1. The molecule has 3 aromatic rings. The van der Waals surface area contributed by atoms with Crippen LogP contribution in [0.4, 0.5) is 10.5 Å². The third kappa shape index (κ3) is 3.38. The molecule has 1 fully saturated rings. The van der Waals surface area contributed by atoms with E-state index in [0.717, 1.165) is 18.7 Å². The van der Waals surface area contributed by atoms with Gasteiger partial charge in [-0.1, -0.05) is 11.6 Å². The maximum atomic E-state index is 12.6. The third-order valence-electron chi connectivity index (χ3n) is 4.39. The molecule has 0 radical (unpaired) electrons. The van der Waals surface area contributed by atoms with Crippen LogP contribution in [-0.4, -0.2) is 54.0 Å². The van der Waals surface area contributed by atoms with Crippen molar-refractivity contribution in [1.82, 2.24) is 34.8 Å². The highest BCUT2D eigenvalue weighted by molar-refractivity contribution is 6.32. The second-order valence-electron chi connectivity index (χ2n) is 6.09. The Morgan fingerprint density at radius 1 is 1.35 bits per heavy atom. The second-order valence-corrected chi connectivity index (χ2v) is 6.50. The number of hydrogen-bond donors (Lipinski definition) is 2. The second kappa shape index (κ2) is 7.12. The molecule has 0 unspecified atom stereocenters. The van der Waals surface area contributed by atoms with E-state index in [0.29, 0.717) is 29.5 Å². The maximum Gasteiger partial charge on any atom is 0.321 e. The average molecular weight is 373 g/mol. The molecule has 9 nitrogen and oxygen atoms in total. The van der Waals surface area contributed by atoms with Crippen LogP contribution in [0.3, 0.4) is 0 Å². The van der Waals surface area contributed by atoms with Gasteiger partial charge in [-0.15, -0.1) is 0 Å². The molecule has 10 heteroatoms. The molecule has 1 aliphatic heterocycles. The lowest BCUT2D eigenvalue weighted by atomic mass is 9.98. The van der Waals surface area contributed by atoms with Crippen molar-refractivity contribution in [2.75, 3.05) is 18.4 Å². The Bertz CT molecular complexity index is 880. The zero-order valence-electron chi connectivity index (χ0n) is 13.8. The van der Waals surface area contributed by atoms with E-state index in [-0.39, 0.29) is 11.9 Å². The van der Waals surface area contributed by atoms with E-state index >= 15 is 0 Å². The summed E-state index contributed by atoms with van der Waals surface area (Å²) in [6, 6.07) is 5.13. The predicted molar refractivity (Wildman–Crippen MR) is 95.3 cm³/mol. The van der Waals surface area contributed by atoms with Gasteiger partial charge in [0.1, 0.15) is 24.8 Å². The monoisotopic (exact) mass is 372 g/mol. The minimum absolute atomic E-state index is 0.154. The number of nitrogens with zero attached hydrogens (tertiary/aromatic N) is 6. The number of H-pyrrole nitrogens is 1. The lowest BCUT2D eigenvalue weighted by molar-refractivity contribution is 0.191. The fourth-order valence-electron chi connectivity index (χ4n) is 3.10. The number of anilines is 1. The fourth-order valence-corrected chi connectivity index (χ4v) is 3.37. The summed E-state index contributed by atoms with van der Waals surface area (Å²) in [5.41, 5.74) is 1.33. The Balaban J connectivity index is 1.43. The summed E-state index contributed by atoms with van der Waals surface area (Å²) in [5, 5.41) is 14.2. The number of hydrogen-bond acceptors (Lipinski definition) is 5. The van der Waals surface area contributed by atoms with Crippen molar-refractivity contribution < 1.29 is 4.79 Å². The van der Waals surface area contributed by atoms with E-state index in [9.17, 15) is 4.79 Å². The summed E-state index contributed by atoms with van der Waals surface area (Å²) in [5.74, 6) is 0.998. The van der Waals surface area contributed by atoms with Crippen LogP contribution in [0.25, 0.3) is 5.69 Å². The molecule has 0 saturated carbocycles. The normalized spacial score (nSPS) is 17.3. The minimum Gasteiger partial charge on any atom is -0.324 e. The van der Waals surface area contributed by atoms with Gasteiger partial charge in [0.2, 0.25) is 0 Å². The van der Waals surface area contributed by atoms with E-state index in [1.807, 2.05) is 0 Å². The number of carbonyl (C=O) groups is 1. The number of likely N-dealkylation sites (tertiary alicyclic amines) is 1. The number of rotatable bonds is 3. The molecule has 2 aromatic heterocycles. The van der Waals surface area contributed by atoms with Gasteiger partial charge in [0, 0.05) is 24.7 Å². The summed E-state index contributed by atoms with van der Waals surface area (Å²) in [6.07, 6.45) is 6.40. The van der Waals surface area contributed by atoms with Gasteiger partial charge < -0.3 is 10.2 Å². The van der Waals surface area contributed by atoms with Crippen molar-refractivity contribution in [1.29, 1.82) is 0 Å². The average Bonchev–Trinajstić information content (AvgIpc) is 3.36. The van der Waals surface area contributed by atoms with E-state index in [1.54, 1.807) is 34.1 Å². The highest BCUT2D eigenvalue weighted by atomic mass is 35.5. The van der Waals surface area contributed by atoms with Gasteiger partial charge in [-0.2, -0.15) is 10.2 Å². The van der Waals surface area contributed by atoms with Gasteiger partial charge in [-0.3, -0.25) is 5.10 Å². The van der Waals surface area contributed by atoms with Crippen molar-refractivity contribution >= 4 is 23.3 Å². The van der Waals surface area contributed by atoms with Crippen molar-refractivity contribution in [3.8, 4) is 5.69 Å². The first-order chi connectivity index (χ1) is 12.7. The zero-order valence-corrected chi connectivity index (χ0v) is 14.6. The van der Waals surface area contributed by atoms with Crippen molar-refractivity contribution in [2.24, 2.45) is 0 Å². The molecule has 26 heavy (non-hydrogen) atoms. The summed E-state index contributed by atoms with van der Waals surface area (Å²) < 4.78 is 1.57. The molecule has 2 amide bonds. The van der Waals surface area contributed by atoms with Gasteiger partial charge in [-0.25, -0.2) is 19.4 Å². The van der Waals surface area contributed by atoms with E-state index in [1.165, 1.54) is 12.7 Å². The highest BCUT2D eigenvalue weighted by Gasteiger charge is 2.26. The first-order valence-corrected chi connectivity index (χ1v) is 8.64. The summed E-state index contributed by atoms with van der Waals surface area (Å²) in [4.78, 5) is 22.5. The van der Waals surface area contributed by atoms with Crippen LogP contribution in [0.2, 0.25) is 5.02 Å². The van der Waals surface area contributed by atoms with Crippen molar-refractivity contribution in [2.45, 2.75) is 18.8 Å². The fraction of sp³-hybridized carbons (Fsp3) is 0.312. The predicted octanol–water partition coefficient (Wildman–Crippen LogP) is 2.45. The van der Waals surface area contributed by atoms with Crippen molar-refractivity contribution in [3.05, 3.63) is 48.0 Å². The van der Waals surface area contributed by atoms with Gasteiger partial charge in [0.25, 0.3) is 0 Å². The smallest absolute Gasteiger partial charge is 0.321 e. The van der Waals surface area contributed by atoms with Crippen LogP contribution in [0.1, 0.15) is 24.6 Å². The zero-order chi connectivity index (χ0) is 17.9. The Morgan fingerprint density at radius 2 is 2.27 bits per heavy atom. The number of benzene rings is 1. The SMILES string of the molecule is O=C(Nc1ccc(-n2cncn2)c(Cl)c1)N1CCC[C@H](c2ncn[nH]2)C1. The number of amides is 2. The highest BCUT2D eigenvalue weighted by Crippen LogP contribution is 2.26. The number of aromatic nitrogens is 6. The Labute approximate surface area is 154 Å². The molecular weight excluding hydrogens is 356 g/mol. The van der Waals surface area contributed by atoms with Crippen LogP contribution in [0.15, 0.2) is 37.2 Å². The number of nitrogens with one attached hydrogen (secondary N) is 2. The number of piperidine rings is 1. The lowest BCUT2D eigenvalue weighted by Gasteiger charge is -2.31. The molecule has 1 aromatic carbocycles. The molecule has 1 saturated heterocycles. The molecule has 4 rings (SSSR count). The van der Waals surface area contributed by atoms with E-state index < -0.39 is 0 Å². The quantitative estimate of drug-likeness (QED) is 0.734. The van der Waals surface area contributed by atoms with Crippen molar-refractivity contribution in [3.63, 3.8) is 0 Å². The van der Waals surface area contributed by atoms with E-state index in [2.05, 4.69) is 30.6 Å². The number of urea groups is 1. The van der Waals surface area contributed by atoms with Crippen LogP contribution in [0.5, 0.6) is 0 Å². The van der Waals surface area contributed by atoms with Crippen LogP contribution in [0, 0.1) is 0 Å². The molecule has 3 heterocycles. The Kier molecular flexibility index (Phi) is 4.53. The van der Waals surface area contributed by atoms with Gasteiger partial charge in [-0.05, 0) is 31.0 Å². The van der Waals surface area contributed by atoms with E-state index in [4.69, 9.17) is 11.6 Å². The molecule has 1 aliphatic rings. The van der Waals surface area contributed by atoms with Crippen LogP contribution in [-0.2, 0) is 0 Å². The molecule has 0 bridgehead atoms. The summed E-state index contributed by atoms with van der Waals surface area (Å²) in [7, 11) is 0. The first-order valence-electron chi connectivity index (χ1n) is 8.26. The molecule has 1 atom stereocenters. The molecular formula is C16H17ClN8O. The molecule has 0 aliphatic carbocycles. The van der Waals surface area contributed by atoms with Gasteiger partial charge >= 0.3 is 6.03 Å². The Morgan fingerprint density at radius 3 is 3.00 bits per heavy atom. The summed E-state index contributed by atoms with van der Waals surface area (Å²) in [6.45, 7) is 1.31. The topological polar surface area (TPSA) is 105 Å². The van der Waals surface area contributed by atoms with Gasteiger partial charge in [0.15, 0.2) is 0 Å². The summed E-state index contributed by atoms with van der Waals surface area (Å²) >= 11 is 6.31. The van der Waals surface area contributed by atoms with Crippen LogP contribution < -0.4 is 5.32 Å². The van der Waals surface area contributed by atoms with Crippen LogP contribution >= 0.6 is 11.6 Å². The molecule has 2 N–H and O–H groups in total. The largest absolute Gasteiger partial charge is 0.324 e. The van der Waals surface area contributed by atoms with Gasteiger partial charge in [0.05, 0.1) is 10.7 Å². The number of aromatic amines is 1. The standard InChI is InChI=1S/C16H17ClN8O/c17-13-6-12(3-4-14(13)25-10-18-8-21-25)22-16(26)24-5-1-2-11(7-24)15-19-9-20-23-15/h3-4,6,8-11H,1-2,5,7H2,(H,22,26)(H,19,20,23)/t11-/m0/s1.